The minimum Gasteiger partial charge on any atom is -0.465 e. The lowest BCUT2D eigenvalue weighted by molar-refractivity contribution is -0.129. The molecule has 3 rings (SSSR count). The van der Waals surface area contributed by atoms with Gasteiger partial charge in [0.05, 0.1) is 18.6 Å². The highest BCUT2D eigenvalue weighted by molar-refractivity contribution is 7.14. The Balaban J connectivity index is 1.66. The number of hydrogen-bond donors (Lipinski definition) is 2. The van der Waals surface area contributed by atoms with Gasteiger partial charge in [0.1, 0.15) is 11.0 Å². The smallest absolute Gasteiger partial charge is 0.340 e. The van der Waals surface area contributed by atoms with Gasteiger partial charge in [-0.15, -0.1) is 11.3 Å². The predicted octanol–water partition coefficient (Wildman–Crippen LogP) is 0.756. The average molecular weight is 351 g/mol. The summed E-state index contributed by atoms with van der Waals surface area (Å²) in [7, 11) is 1.32. The number of carbonyl (C=O) groups is 3. The van der Waals surface area contributed by atoms with Gasteiger partial charge in [0.2, 0.25) is 11.8 Å². The van der Waals surface area contributed by atoms with Crippen LogP contribution in [0.5, 0.6) is 0 Å². The number of rotatable bonds is 4. The van der Waals surface area contributed by atoms with Gasteiger partial charge in [-0.3, -0.25) is 9.59 Å². The molecule has 130 valence electrons. The Labute approximate surface area is 144 Å². The lowest BCUT2D eigenvalue weighted by Gasteiger charge is -2.23. The molecule has 2 fully saturated rings. The molecule has 2 N–H and O–H groups in total. The minimum atomic E-state index is -0.521. The van der Waals surface area contributed by atoms with E-state index in [2.05, 4.69) is 10.6 Å². The van der Waals surface area contributed by atoms with E-state index in [1.165, 1.54) is 18.4 Å². The fourth-order valence-electron chi connectivity index (χ4n) is 3.16. The second-order valence-corrected chi connectivity index (χ2v) is 6.91. The van der Waals surface area contributed by atoms with Gasteiger partial charge >= 0.3 is 5.97 Å². The van der Waals surface area contributed by atoms with E-state index >= 15 is 0 Å². The molecule has 0 spiro atoms. The highest BCUT2D eigenvalue weighted by Crippen LogP contribution is 2.31. The normalized spacial score (nSPS) is 24.0. The number of esters is 1. The largest absolute Gasteiger partial charge is 0.465 e. The van der Waals surface area contributed by atoms with E-state index in [0.29, 0.717) is 30.1 Å². The third-order valence-corrected chi connectivity index (χ3v) is 5.42. The lowest BCUT2D eigenvalue weighted by atomic mass is 9.98. The SMILES string of the molecule is COC(=O)c1ccsc1N1CCC(NC(=O)C2CCCNC2)C1=O. The van der Waals surface area contributed by atoms with E-state index in [4.69, 9.17) is 4.74 Å². The highest BCUT2D eigenvalue weighted by atomic mass is 32.1. The molecule has 2 aliphatic heterocycles. The van der Waals surface area contributed by atoms with Crippen molar-refractivity contribution < 1.29 is 19.1 Å². The molecule has 2 unspecified atom stereocenters. The molecule has 0 radical (unpaired) electrons. The second-order valence-electron chi connectivity index (χ2n) is 6.01. The first-order chi connectivity index (χ1) is 11.6. The van der Waals surface area contributed by atoms with Gasteiger partial charge in [0, 0.05) is 13.1 Å². The van der Waals surface area contributed by atoms with Crippen LogP contribution in [-0.2, 0) is 14.3 Å². The Kier molecular flexibility index (Phi) is 5.15. The molecule has 24 heavy (non-hydrogen) atoms. The summed E-state index contributed by atoms with van der Waals surface area (Å²) >= 11 is 1.32. The third kappa shape index (κ3) is 3.29. The van der Waals surface area contributed by atoms with E-state index < -0.39 is 12.0 Å². The van der Waals surface area contributed by atoms with Crippen LogP contribution in [0.2, 0.25) is 0 Å². The maximum absolute atomic E-state index is 12.6. The summed E-state index contributed by atoms with van der Waals surface area (Å²) in [4.78, 5) is 38.3. The summed E-state index contributed by atoms with van der Waals surface area (Å²) in [6.07, 6.45) is 2.37. The first kappa shape index (κ1) is 16.9. The molecule has 2 atom stereocenters. The van der Waals surface area contributed by atoms with Crippen molar-refractivity contribution in [1.29, 1.82) is 0 Å². The summed E-state index contributed by atoms with van der Waals surface area (Å²) in [6.45, 7) is 2.08. The molecule has 1 aromatic heterocycles. The number of piperidine rings is 1. The van der Waals surface area contributed by atoms with Crippen LogP contribution >= 0.6 is 11.3 Å². The zero-order valence-electron chi connectivity index (χ0n) is 13.5. The fraction of sp³-hybridized carbons (Fsp3) is 0.562. The van der Waals surface area contributed by atoms with E-state index in [-0.39, 0.29) is 17.7 Å². The van der Waals surface area contributed by atoms with Crippen molar-refractivity contribution >= 4 is 34.1 Å². The summed E-state index contributed by atoms with van der Waals surface area (Å²) in [5.74, 6) is -0.769. The third-order valence-electron chi connectivity index (χ3n) is 4.48. The molecule has 7 nitrogen and oxygen atoms in total. The summed E-state index contributed by atoms with van der Waals surface area (Å²) in [6, 6.07) is 1.13. The van der Waals surface area contributed by atoms with Crippen LogP contribution in [0.1, 0.15) is 29.6 Å². The monoisotopic (exact) mass is 351 g/mol. The molecule has 2 saturated heterocycles. The fourth-order valence-corrected chi connectivity index (χ4v) is 4.08. The van der Waals surface area contributed by atoms with E-state index in [9.17, 15) is 14.4 Å². The topological polar surface area (TPSA) is 87.7 Å². The maximum atomic E-state index is 12.6. The Morgan fingerprint density at radius 1 is 1.42 bits per heavy atom. The van der Waals surface area contributed by atoms with Gasteiger partial charge in [-0.2, -0.15) is 0 Å². The van der Waals surface area contributed by atoms with Crippen molar-refractivity contribution in [1.82, 2.24) is 10.6 Å². The number of thiophene rings is 1. The molecule has 3 heterocycles. The van der Waals surface area contributed by atoms with Crippen molar-refractivity contribution in [3.8, 4) is 0 Å². The molecule has 1 aromatic rings. The van der Waals surface area contributed by atoms with E-state index in [0.717, 1.165) is 19.4 Å². The van der Waals surface area contributed by atoms with Crippen molar-refractivity contribution in [3.63, 3.8) is 0 Å². The molecule has 0 saturated carbocycles. The van der Waals surface area contributed by atoms with Crippen molar-refractivity contribution in [2.24, 2.45) is 5.92 Å². The summed E-state index contributed by atoms with van der Waals surface area (Å²) < 4.78 is 4.75. The van der Waals surface area contributed by atoms with E-state index in [1.54, 1.807) is 16.3 Å². The standard InChI is InChI=1S/C16H21N3O4S/c1-23-16(22)11-5-8-24-15(11)19-7-4-12(14(19)21)18-13(20)10-3-2-6-17-9-10/h5,8,10,12,17H,2-4,6-7,9H2,1H3,(H,18,20). The lowest BCUT2D eigenvalue weighted by Crippen LogP contribution is -2.47. The second kappa shape index (κ2) is 7.31. The summed E-state index contributed by atoms with van der Waals surface area (Å²) in [5.41, 5.74) is 0.388. The first-order valence-corrected chi connectivity index (χ1v) is 8.98. The number of ether oxygens (including phenoxy) is 1. The van der Waals surface area contributed by atoms with Crippen LogP contribution in [0.3, 0.4) is 0 Å². The molecule has 2 aliphatic rings. The Bertz CT molecular complexity index is 639. The number of hydrogen-bond acceptors (Lipinski definition) is 6. The number of anilines is 1. The van der Waals surface area contributed by atoms with Crippen LogP contribution in [0.25, 0.3) is 0 Å². The number of methoxy groups -OCH3 is 1. The quantitative estimate of drug-likeness (QED) is 0.782. The van der Waals surface area contributed by atoms with Gasteiger partial charge in [-0.25, -0.2) is 4.79 Å². The van der Waals surface area contributed by atoms with Gasteiger partial charge < -0.3 is 20.3 Å². The highest BCUT2D eigenvalue weighted by Gasteiger charge is 2.37. The number of nitrogens with one attached hydrogen (secondary N) is 2. The zero-order valence-corrected chi connectivity index (χ0v) is 14.4. The molecule has 0 bridgehead atoms. The molecular weight excluding hydrogens is 330 g/mol. The van der Waals surface area contributed by atoms with Gasteiger partial charge in [0.25, 0.3) is 0 Å². The first-order valence-electron chi connectivity index (χ1n) is 8.10. The predicted molar refractivity (Wildman–Crippen MR) is 90.2 cm³/mol. The molecule has 0 aliphatic carbocycles. The molecular formula is C16H21N3O4S. The average Bonchev–Trinajstić information content (AvgIpc) is 3.22. The van der Waals surface area contributed by atoms with Gasteiger partial charge in [0.15, 0.2) is 0 Å². The Morgan fingerprint density at radius 2 is 2.25 bits per heavy atom. The van der Waals surface area contributed by atoms with Gasteiger partial charge in [-0.1, -0.05) is 0 Å². The van der Waals surface area contributed by atoms with Crippen LogP contribution in [0, 0.1) is 5.92 Å². The maximum Gasteiger partial charge on any atom is 0.340 e. The molecule has 2 amide bonds. The zero-order chi connectivity index (χ0) is 17.1. The minimum absolute atomic E-state index is 0.0678. The molecule has 8 heteroatoms. The van der Waals surface area contributed by atoms with Gasteiger partial charge in [-0.05, 0) is 37.3 Å². The van der Waals surface area contributed by atoms with E-state index in [1.807, 2.05) is 0 Å². The Hall–Kier alpha value is -1.93. The van der Waals surface area contributed by atoms with Crippen molar-refractivity contribution in [2.75, 3.05) is 31.6 Å². The van der Waals surface area contributed by atoms with Crippen LogP contribution in [0.4, 0.5) is 5.00 Å². The molecule has 0 aromatic carbocycles. The number of nitrogens with zero attached hydrogens (tertiary/aromatic N) is 1. The van der Waals surface area contributed by atoms with Crippen molar-refractivity contribution in [3.05, 3.63) is 17.0 Å². The van der Waals surface area contributed by atoms with Crippen molar-refractivity contribution in [2.45, 2.75) is 25.3 Å². The summed E-state index contributed by atoms with van der Waals surface area (Å²) in [5, 5.41) is 8.42. The van der Waals surface area contributed by atoms with Crippen LogP contribution < -0.4 is 15.5 Å². The number of amides is 2. The van der Waals surface area contributed by atoms with Crippen LogP contribution in [0.15, 0.2) is 11.4 Å². The Morgan fingerprint density at radius 3 is 2.96 bits per heavy atom. The van der Waals surface area contributed by atoms with Crippen LogP contribution in [-0.4, -0.2) is 50.6 Å². The number of carbonyl (C=O) groups excluding carboxylic acids is 3.